The molecule has 2 aliphatic rings. The molecule has 162 valence electrons. The normalized spacial score (nSPS) is 19.6. The van der Waals surface area contributed by atoms with Crippen molar-refractivity contribution in [3.63, 3.8) is 0 Å². The molecule has 0 spiro atoms. The number of amides is 1. The maximum atomic E-state index is 13.3. The Morgan fingerprint density at radius 1 is 1.28 bits per heavy atom. The number of hydrogen-bond donors (Lipinski definition) is 0. The fourth-order valence-electron chi connectivity index (χ4n) is 4.43. The molecular formula is C22H37N5OS. The van der Waals surface area contributed by atoms with Gasteiger partial charge in [-0.05, 0) is 39.4 Å². The van der Waals surface area contributed by atoms with E-state index in [0.29, 0.717) is 18.3 Å². The number of fused-ring (bicyclic) bond motifs is 1. The Bertz CT molecular complexity index is 694. The molecule has 1 saturated heterocycles. The first-order valence-corrected chi connectivity index (χ1v) is 12.2. The monoisotopic (exact) mass is 419 g/mol. The van der Waals surface area contributed by atoms with Gasteiger partial charge in [-0.2, -0.15) is 16.9 Å². The van der Waals surface area contributed by atoms with E-state index in [2.05, 4.69) is 37.3 Å². The van der Waals surface area contributed by atoms with Gasteiger partial charge >= 0.3 is 0 Å². The average molecular weight is 420 g/mol. The summed E-state index contributed by atoms with van der Waals surface area (Å²) in [4.78, 5) is 20.2. The van der Waals surface area contributed by atoms with Crippen molar-refractivity contribution in [1.82, 2.24) is 24.5 Å². The van der Waals surface area contributed by atoms with E-state index in [4.69, 9.17) is 5.10 Å². The first-order chi connectivity index (χ1) is 14.1. The first-order valence-electron chi connectivity index (χ1n) is 11.1. The Labute approximate surface area is 180 Å². The topological polar surface area (TPSA) is 44.6 Å². The third-order valence-corrected chi connectivity index (χ3v) is 7.35. The number of thioether (sulfide) groups is 1. The van der Waals surface area contributed by atoms with Gasteiger partial charge in [0.1, 0.15) is 0 Å². The molecule has 29 heavy (non-hydrogen) atoms. The molecule has 0 saturated carbocycles. The van der Waals surface area contributed by atoms with E-state index in [-0.39, 0.29) is 5.91 Å². The molecule has 3 rings (SSSR count). The molecule has 2 heterocycles. The van der Waals surface area contributed by atoms with Gasteiger partial charge in [-0.15, -0.1) is 6.58 Å². The Balaban J connectivity index is 1.76. The van der Waals surface area contributed by atoms with Crippen molar-refractivity contribution >= 4 is 17.7 Å². The molecule has 1 aliphatic heterocycles. The molecule has 1 atom stereocenters. The molecule has 0 radical (unpaired) electrons. The van der Waals surface area contributed by atoms with E-state index < -0.39 is 0 Å². The zero-order valence-electron chi connectivity index (χ0n) is 18.4. The lowest BCUT2D eigenvalue weighted by Crippen LogP contribution is -2.42. The van der Waals surface area contributed by atoms with Gasteiger partial charge in [-0.1, -0.05) is 19.9 Å². The summed E-state index contributed by atoms with van der Waals surface area (Å²) in [6.45, 7) is 15.0. The summed E-state index contributed by atoms with van der Waals surface area (Å²) in [6.07, 6.45) is 4.91. The fraction of sp³-hybridized carbons (Fsp3) is 0.727. The Morgan fingerprint density at radius 3 is 2.66 bits per heavy atom. The SMILES string of the molecule is C=CCn1nc(C(=O)N2CCSCC2)c2c1CCC(N(C)CCN(CC)CC)C2. The van der Waals surface area contributed by atoms with Crippen molar-refractivity contribution in [1.29, 1.82) is 0 Å². The van der Waals surface area contributed by atoms with Gasteiger partial charge < -0.3 is 14.7 Å². The van der Waals surface area contributed by atoms with E-state index >= 15 is 0 Å². The van der Waals surface area contributed by atoms with Crippen LogP contribution in [-0.4, -0.2) is 94.3 Å². The molecule has 0 aromatic carbocycles. The lowest BCUT2D eigenvalue weighted by Gasteiger charge is -2.33. The molecule has 1 aromatic heterocycles. The van der Waals surface area contributed by atoms with E-state index in [1.807, 2.05) is 27.4 Å². The Morgan fingerprint density at radius 2 is 2.00 bits per heavy atom. The van der Waals surface area contributed by atoms with E-state index in [1.54, 1.807) is 0 Å². The van der Waals surface area contributed by atoms with Gasteiger partial charge in [0, 0.05) is 55.0 Å². The van der Waals surface area contributed by atoms with Gasteiger partial charge in [0.25, 0.3) is 5.91 Å². The van der Waals surface area contributed by atoms with Crippen molar-refractivity contribution in [2.45, 2.75) is 45.7 Å². The molecule has 1 aliphatic carbocycles. The number of hydrogen-bond acceptors (Lipinski definition) is 5. The summed E-state index contributed by atoms with van der Waals surface area (Å²) in [5.74, 6) is 2.17. The number of carbonyl (C=O) groups is 1. The van der Waals surface area contributed by atoms with Gasteiger partial charge in [0.05, 0.1) is 6.54 Å². The minimum atomic E-state index is 0.121. The molecule has 1 aromatic rings. The zero-order chi connectivity index (χ0) is 20.8. The van der Waals surface area contributed by atoms with Crippen LogP contribution in [0.25, 0.3) is 0 Å². The number of carbonyl (C=O) groups excluding carboxylic acids is 1. The Hall–Kier alpha value is -1.31. The number of aromatic nitrogens is 2. The predicted molar refractivity (Wildman–Crippen MR) is 122 cm³/mol. The number of likely N-dealkylation sites (N-methyl/N-ethyl adjacent to an activating group) is 2. The highest BCUT2D eigenvalue weighted by atomic mass is 32.2. The van der Waals surface area contributed by atoms with Crippen LogP contribution in [0.15, 0.2) is 12.7 Å². The number of nitrogens with zero attached hydrogens (tertiary/aromatic N) is 5. The third-order valence-electron chi connectivity index (χ3n) is 6.41. The summed E-state index contributed by atoms with van der Waals surface area (Å²) in [5, 5.41) is 4.77. The van der Waals surface area contributed by atoms with Crippen LogP contribution in [0.1, 0.15) is 42.0 Å². The van der Waals surface area contributed by atoms with Gasteiger partial charge in [-0.3, -0.25) is 9.48 Å². The van der Waals surface area contributed by atoms with Crippen LogP contribution in [0.5, 0.6) is 0 Å². The standard InChI is InChI=1S/C22H37N5OS/c1-5-10-27-20-9-8-18(24(4)11-12-25(6-2)7-3)17-19(20)21(23-27)22(28)26-13-15-29-16-14-26/h5,18H,1,6-17H2,2-4H3. The van der Waals surface area contributed by atoms with Crippen LogP contribution in [0.3, 0.4) is 0 Å². The molecule has 1 unspecified atom stereocenters. The van der Waals surface area contributed by atoms with Crippen LogP contribution in [0.4, 0.5) is 0 Å². The highest BCUT2D eigenvalue weighted by Gasteiger charge is 2.32. The number of allylic oxidation sites excluding steroid dienone is 1. The summed E-state index contributed by atoms with van der Waals surface area (Å²) in [7, 11) is 2.23. The molecular weight excluding hydrogens is 382 g/mol. The van der Waals surface area contributed by atoms with Crippen molar-refractivity contribution in [2.75, 3.05) is 57.8 Å². The summed E-state index contributed by atoms with van der Waals surface area (Å²) >= 11 is 1.93. The van der Waals surface area contributed by atoms with Gasteiger partial charge in [0.2, 0.25) is 0 Å². The Kier molecular flexibility index (Phi) is 8.21. The average Bonchev–Trinajstić information content (AvgIpc) is 3.12. The van der Waals surface area contributed by atoms with Crippen LogP contribution in [0.2, 0.25) is 0 Å². The zero-order valence-corrected chi connectivity index (χ0v) is 19.2. The number of rotatable bonds is 9. The van der Waals surface area contributed by atoms with E-state index in [0.717, 1.165) is 70.0 Å². The smallest absolute Gasteiger partial charge is 0.274 e. The molecule has 7 heteroatoms. The lowest BCUT2D eigenvalue weighted by atomic mass is 9.90. The maximum Gasteiger partial charge on any atom is 0.274 e. The third kappa shape index (κ3) is 5.25. The largest absolute Gasteiger partial charge is 0.336 e. The van der Waals surface area contributed by atoms with Crippen LogP contribution >= 0.6 is 11.8 Å². The van der Waals surface area contributed by atoms with Crippen LogP contribution < -0.4 is 0 Å². The fourth-order valence-corrected chi connectivity index (χ4v) is 5.33. The van der Waals surface area contributed by atoms with Crippen LogP contribution in [-0.2, 0) is 19.4 Å². The summed E-state index contributed by atoms with van der Waals surface area (Å²) in [6, 6.07) is 0.475. The van der Waals surface area contributed by atoms with Crippen molar-refractivity contribution in [3.05, 3.63) is 29.6 Å². The molecule has 1 amide bonds. The van der Waals surface area contributed by atoms with E-state index in [1.165, 1.54) is 11.3 Å². The summed E-state index contributed by atoms with van der Waals surface area (Å²) in [5.41, 5.74) is 3.12. The summed E-state index contributed by atoms with van der Waals surface area (Å²) < 4.78 is 2.01. The van der Waals surface area contributed by atoms with Crippen LogP contribution in [0, 0.1) is 0 Å². The molecule has 6 nitrogen and oxygen atoms in total. The minimum absolute atomic E-state index is 0.121. The second kappa shape index (κ2) is 10.6. The lowest BCUT2D eigenvalue weighted by molar-refractivity contribution is 0.0763. The van der Waals surface area contributed by atoms with Crippen molar-refractivity contribution in [3.8, 4) is 0 Å². The van der Waals surface area contributed by atoms with E-state index in [9.17, 15) is 4.79 Å². The first kappa shape index (κ1) is 22.4. The second-order valence-corrected chi connectivity index (χ2v) is 9.28. The highest BCUT2D eigenvalue weighted by Crippen LogP contribution is 2.28. The second-order valence-electron chi connectivity index (χ2n) is 8.05. The highest BCUT2D eigenvalue weighted by molar-refractivity contribution is 7.99. The molecule has 1 fully saturated rings. The molecule has 0 bridgehead atoms. The minimum Gasteiger partial charge on any atom is -0.336 e. The van der Waals surface area contributed by atoms with Gasteiger partial charge in [0.15, 0.2) is 5.69 Å². The van der Waals surface area contributed by atoms with Gasteiger partial charge in [-0.25, -0.2) is 0 Å². The van der Waals surface area contributed by atoms with Crippen molar-refractivity contribution in [2.24, 2.45) is 0 Å². The maximum absolute atomic E-state index is 13.3. The molecule has 0 N–H and O–H groups in total. The van der Waals surface area contributed by atoms with Crippen molar-refractivity contribution < 1.29 is 4.79 Å². The quantitative estimate of drug-likeness (QED) is 0.575. The predicted octanol–water partition coefficient (Wildman–Crippen LogP) is 2.39.